The van der Waals surface area contributed by atoms with Crippen LogP contribution < -0.4 is 5.32 Å². The molecule has 0 aliphatic heterocycles. The van der Waals surface area contributed by atoms with Crippen molar-refractivity contribution in [3.05, 3.63) is 100 Å². The van der Waals surface area contributed by atoms with Gasteiger partial charge in [-0.15, -0.1) is 0 Å². The molecule has 6 heteroatoms. The fourth-order valence-electron chi connectivity index (χ4n) is 2.89. The van der Waals surface area contributed by atoms with Crippen molar-refractivity contribution >= 4 is 29.2 Å². The van der Waals surface area contributed by atoms with E-state index in [9.17, 15) is 14.9 Å². The molecule has 0 saturated carbocycles. The number of nitriles is 1. The van der Waals surface area contributed by atoms with Gasteiger partial charge in [0.2, 0.25) is 0 Å². The molecule has 1 amide bonds. The molecule has 3 rings (SSSR count). The lowest BCUT2D eigenvalue weighted by atomic mass is 9.92. The molecule has 0 aromatic heterocycles. The molecule has 0 fully saturated rings. The summed E-state index contributed by atoms with van der Waals surface area (Å²) in [5.74, 6) is -1.31. The normalized spacial score (nSPS) is 11.2. The molecule has 29 heavy (non-hydrogen) atoms. The van der Waals surface area contributed by atoms with Crippen LogP contribution in [0.1, 0.15) is 37.8 Å². The minimum atomic E-state index is -0.501. The minimum absolute atomic E-state index is 0.342. The summed E-state index contributed by atoms with van der Waals surface area (Å²) in [6, 6.07) is 22.8. The number of anilines is 1. The van der Waals surface area contributed by atoms with Crippen LogP contribution in [0.15, 0.2) is 72.8 Å². The topological polar surface area (TPSA) is 79.2 Å². The van der Waals surface area contributed by atoms with Gasteiger partial charge in [0.05, 0.1) is 24.7 Å². The van der Waals surface area contributed by atoms with Crippen molar-refractivity contribution in [2.45, 2.75) is 5.92 Å². The maximum Gasteiger partial charge on any atom is 0.337 e. The van der Waals surface area contributed by atoms with Crippen LogP contribution in [0.5, 0.6) is 0 Å². The summed E-state index contributed by atoms with van der Waals surface area (Å²) in [4.78, 5) is 23.9. The van der Waals surface area contributed by atoms with Crippen molar-refractivity contribution in [1.82, 2.24) is 0 Å². The first-order valence-corrected chi connectivity index (χ1v) is 9.15. The SMILES string of the molecule is COC(=O)c1ccc(C(=O)Nc2ccc(C(C#N)c3ccccc3)c(Cl)c2)cc1. The van der Waals surface area contributed by atoms with Gasteiger partial charge in [0, 0.05) is 16.3 Å². The van der Waals surface area contributed by atoms with E-state index < -0.39 is 11.9 Å². The number of amides is 1. The van der Waals surface area contributed by atoms with E-state index in [0.29, 0.717) is 27.4 Å². The van der Waals surface area contributed by atoms with Crippen molar-refractivity contribution in [2.24, 2.45) is 0 Å². The molecule has 144 valence electrons. The number of nitrogens with zero attached hydrogens (tertiary/aromatic N) is 1. The fraction of sp³-hybridized carbons (Fsp3) is 0.0870. The van der Waals surface area contributed by atoms with Crippen molar-refractivity contribution < 1.29 is 14.3 Å². The number of ether oxygens (including phenoxy) is 1. The van der Waals surface area contributed by atoms with Crippen LogP contribution in [-0.4, -0.2) is 19.0 Å². The Labute approximate surface area is 173 Å². The molecule has 3 aromatic rings. The van der Waals surface area contributed by atoms with Gasteiger partial charge < -0.3 is 10.1 Å². The van der Waals surface area contributed by atoms with E-state index >= 15 is 0 Å². The zero-order chi connectivity index (χ0) is 20.8. The lowest BCUT2D eigenvalue weighted by Crippen LogP contribution is -2.12. The third kappa shape index (κ3) is 4.63. The summed E-state index contributed by atoms with van der Waals surface area (Å²) in [5.41, 5.74) is 2.77. The third-order valence-corrected chi connectivity index (χ3v) is 4.73. The van der Waals surface area contributed by atoms with Crippen LogP contribution in [-0.2, 0) is 4.74 Å². The Hall–Kier alpha value is -3.62. The first-order valence-electron chi connectivity index (χ1n) is 8.77. The summed E-state index contributed by atoms with van der Waals surface area (Å²) in [7, 11) is 1.30. The van der Waals surface area contributed by atoms with Crippen molar-refractivity contribution in [3.8, 4) is 6.07 Å². The summed E-state index contributed by atoms with van der Waals surface area (Å²) in [5, 5.41) is 12.7. The average Bonchev–Trinajstić information content (AvgIpc) is 2.76. The highest BCUT2D eigenvalue weighted by Gasteiger charge is 2.17. The zero-order valence-electron chi connectivity index (χ0n) is 15.6. The molecular formula is C23H17ClN2O3. The van der Waals surface area contributed by atoms with Gasteiger partial charge in [0.1, 0.15) is 0 Å². The summed E-state index contributed by atoms with van der Waals surface area (Å²) in [6.07, 6.45) is 0. The van der Waals surface area contributed by atoms with Gasteiger partial charge in [-0.1, -0.05) is 48.0 Å². The smallest absolute Gasteiger partial charge is 0.337 e. The molecule has 1 N–H and O–H groups in total. The van der Waals surface area contributed by atoms with E-state index in [1.807, 2.05) is 30.3 Å². The van der Waals surface area contributed by atoms with E-state index in [1.54, 1.807) is 30.3 Å². The Balaban J connectivity index is 1.77. The van der Waals surface area contributed by atoms with Crippen LogP contribution in [0, 0.1) is 11.3 Å². The Morgan fingerprint density at radius 1 is 1.00 bits per heavy atom. The Morgan fingerprint density at radius 3 is 2.24 bits per heavy atom. The molecule has 1 atom stereocenters. The predicted molar refractivity (Wildman–Crippen MR) is 111 cm³/mol. The number of nitrogens with one attached hydrogen (secondary N) is 1. The van der Waals surface area contributed by atoms with E-state index in [-0.39, 0.29) is 5.91 Å². The van der Waals surface area contributed by atoms with Gasteiger partial charge in [-0.3, -0.25) is 4.79 Å². The number of carbonyl (C=O) groups excluding carboxylic acids is 2. The van der Waals surface area contributed by atoms with Gasteiger partial charge in [-0.25, -0.2) is 4.79 Å². The molecule has 5 nitrogen and oxygen atoms in total. The van der Waals surface area contributed by atoms with E-state index in [4.69, 9.17) is 11.6 Å². The van der Waals surface area contributed by atoms with Crippen LogP contribution in [0.3, 0.4) is 0 Å². The highest BCUT2D eigenvalue weighted by molar-refractivity contribution is 6.32. The Bertz CT molecular complexity index is 1070. The van der Waals surface area contributed by atoms with Gasteiger partial charge in [0.25, 0.3) is 5.91 Å². The van der Waals surface area contributed by atoms with E-state index in [1.165, 1.54) is 19.2 Å². The number of hydrogen-bond acceptors (Lipinski definition) is 4. The summed E-state index contributed by atoms with van der Waals surface area (Å²) < 4.78 is 4.64. The molecule has 1 unspecified atom stereocenters. The number of hydrogen-bond donors (Lipinski definition) is 1. The second-order valence-corrected chi connectivity index (χ2v) is 6.64. The number of halogens is 1. The highest BCUT2D eigenvalue weighted by atomic mass is 35.5. The van der Waals surface area contributed by atoms with Crippen LogP contribution in [0.2, 0.25) is 5.02 Å². The van der Waals surface area contributed by atoms with E-state index in [0.717, 1.165) is 5.56 Å². The number of methoxy groups -OCH3 is 1. The molecule has 0 radical (unpaired) electrons. The van der Waals surface area contributed by atoms with Gasteiger partial charge in [-0.05, 0) is 47.5 Å². The summed E-state index contributed by atoms with van der Waals surface area (Å²) >= 11 is 6.40. The number of esters is 1. The molecule has 0 heterocycles. The number of carbonyl (C=O) groups is 2. The van der Waals surface area contributed by atoms with Crippen molar-refractivity contribution in [3.63, 3.8) is 0 Å². The molecule has 0 aliphatic carbocycles. The standard InChI is InChI=1S/C23H17ClN2O3/c1-29-23(28)17-9-7-16(8-10-17)22(27)26-18-11-12-19(21(24)13-18)20(14-25)15-5-3-2-4-6-15/h2-13,20H,1H3,(H,26,27). The van der Waals surface area contributed by atoms with Crippen molar-refractivity contribution in [1.29, 1.82) is 5.26 Å². The van der Waals surface area contributed by atoms with Crippen LogP contribution in [0.25, 0.3) is 0 Å². The quantitative estimate of drug-likeness (QED) is 0.604. The molecule has 0 saturated heterocycles. The monoisotopic (exact) mass is 404 g/mol. The second kappa shape index (κ2) is 9.05. The largest absolute Gasteiger partial charge is 0.465 e. The fourth-order valence-corrected chi connectivity index (χ4v) is 3.18. The first kappa shape index (κ1) is 20.1. The Kier molecular flexibility index (Phi) is 6.28. The van der Waals surface area contributed by atoms with Gasteiger partial charge >= 0.3 is 5.97 Å². The zero-order valence-corrected chi connectivity index (χ0v) is 16.3. The summed E-state index contributed by atoms with van der Waals surface area (Å²) in [6.45, 7) is 0. The van der Waals surface area contributed by atoms with Crippen LogP contribution >= 0.6 is 11.6 Å². The molecule has 0 spiro atoms. The van der Waals surface area contributed by atoms with Crippen molar-refractivity contribution in [2.75, 3.05) is 12.4 Å². The maximum atomic E-state index is 12.4. The molecule has 0 aliphatic rings. The first-order chi connectivity index (χ1) is 14.0. The lowest BCUT2D eigenvalue weighted by molar-refractivity contribution is 0.0600. The second-order valence-electron chi connectivity index (χ2n) is 6.23. The average molecular weight is 405 g/mol. The number of rotatable bonds is 5. The molecular weight excluding hydrogens is 388 g/mol. The predicted octanol–water partition coefficient (Wildman–Crippen LogP) is 5.03. The third-order valence-electron chi connectivity index (χ3n) is 4.40. The molecule has 0 bridgehead atoms. The van der Waals surface area contributed by atoms with E-state index in [2.05, 4.69) is 16.1 Å². The van der Waals surface area contributed by atoms with Crippen LogP contribution in [0.4, 0.5) is 5.69 Å². The van der Waals surface area contributed by atoms with Gasteiger partial charge in [0.15, 0.2) is 0 Å². The number of benzene rings is 3. The maximum absolute atomic E-state index is 12.4. The lowest BCUT2D eigenvalue weighted by Gasteiger charge is -2.13. The van der Waals surface area contributed by atoms with Gasteiger partial charge in [-0.2, -0.15) is 5.26 Å². The molecule has 3 aromatic carbocycles. The highest BCUT2D eigenvalue weighted by Crippen LogP contribution is 2.31. The minimum Gasteiger partial charge on any atom is -0.465 e. The Morgan fingerprint density at radius 2 is 1.66 bits per heavy atom.